The first-order chi connectivity index (χ1) is 12.6. The molecule has 0 radical (unpaired) electrons. The van der Waals surface area contributed by atoms with Crippen molar-refractivity contribution in [2.45, 2.75) is 19.1 Å². The van der Waals surface area contributed by atoms with Crippen LogP contribution in [0.1, 0.15) is 17.5 Å². The minimum atomic E-state index is 0.271. The molecule has 3 nitrogen and oxygen atoms in total. The van der Waals surface area contributed by atoms with Crippen LogP contribution in [-0.2, 0) is 10.5 Å². The molecule has 5 heteroatoms. The number of anilines is 1. The van der Waals surface area contributed by atoms with Crippen molar-refractivity contribution in [1.82, 2.24) is 4.90 Å². The third kappa shape index (κ3) is 5.18. The molecule has 0 aromatic heterocycles. The summed E-state index contributed by atoms with van der Waals surface area (Å²) < 4.78 is 0. The summed E-state index contributed by atoms with van der Waals surface area (Å²) in [6.45, 7) is 5.41. The molecule has 2 aromatic carbocycles. The summed E-state index contributed by atoms with van der Waals surface area (Å²) in [5.74, 6) is 2.12. The van der Waals surface area contributed by atoms with Crippen LogP contribution in [0.2, 0.25) is 5.02 Å². The van der Waals surface area contributed by atoms with Crippen molar-refractivity contribution in [3.8, 4) is 0 Å². The van der Waals surface area contributed by atoms with Crippen LogP contribution in [0.25, 0.3) is 0 Å². The van der Waals surface area contributed by atoms with E-state index >= 15 is 0 Å². The van der Waals surface area contributed by atoms with Gasteiger partial charge in [-0.1, -0.05) is 48.0 Å². The Morgan fingerprint density at radius 3 is 2.54 bits per heavy atom. The summed E-state index contributed by atoms with van der Waals surface area (Å²) in [4.78, 5) is 16.8. The average Bonchev–Trinajstić information content (AvgIpc) is 2.68. The lowest BCUT2D eigenvalue weighted by Gasteiger charge is -2.37. The molecule has 0 aliphatic carbocycles. The standard InChI is InChI=1S/C21H25ClN2OS/c1-17-7-8-19(22)15-20(17)23-10-12-24(13-11-23)21(25)9-14-26-16-18-5-3-2-4-6-18/h2-8,15H,9-14,16H2,1H3. The van der Waals surface area contributed by atoms with Crippen molar-refractivity contribution in [2.75, 3.05) is 36.8 Å². The molecule has 0 saturated carbocycles. The Hall–Kier alpha value is -1.65. The summed E-state index contributed by atoms with van der Waals surface area (Å²) in [5, 5.41) is 0.763. The Morgan fingerprint density at radius 2 is 1.81 bits per heavy atom. The quantitative estimate of drug-likeness (QED) is 0.674. The molecule has 1 amide bonds. The fourth-order valence-corrected chi connectivity index (χ4v) is 4.26. The molecule has 3 rings (SSSR count). The lowest BCUT2D eigenvalue weighted by Crippen LogP contribution is -2.49. The van der Waals surface area contributed by atoms with Gasteiger partial charge in [0.15, 0.2) is 0 Å². The predicted octanol–water partition coefficient (Wildman–Crippen LogP) is 4.62. The van der Waals surface area contributed by atoms with Gasteiger partial charge in [0.2, 0.25) is 5.91 Å². The van der Waals surface area contributed by atoms with Crippen LogP contribution >= 0.6 is 23.4 Å². The second kappa shape index (κ2) is 9.33. The molecule has 0 spiro atoms. The molecule has 1 fully saturated rings. The number of amides is 1. The van der Waals surface area contributed by atoms with E-state index in [4.69, 9.17) is 11.6 Å². The lowest BCUT2D eigenvalue weighted by molar-refractivity contribution is -0.131. The zero-order chi connectivity index (χ0) is 18.4. The Labute approximate surface area is 165 Å². The van der Waals surface area contributed by atoms with Crippen molar-refractivity contribution in [3.63, 3.8) is 0 Å². The van der Waals surface area contributed by atoms with Crippen molar-refractivity contribution < 1.29 is 4.79 Å². The van der Waals surface area contributed by atoms with E-state index in [0.29, 0.717) is 6.42 Å². The zero-order valence-corrected chi connectivity index (χ0v) is 16.7. The smallest absolute Gasteiger partial charge is 0.223 e. The number of halogens is 1. The van der Waals surface area contributed by atoms with Crippen LogP contribution in [0.4, 0.5) is 5.69 Å². The topological polar surface area (TPSA) is 23.6 Å². The van der Waals surface area contributed by atoms with Gasteiger partial charge in [-0.25, -0.2) is 0 Å². The first-order valence-electron chi connectivity index (χ1n) is 9.04. The van der Waals surface area contributed by atoms with E-state index < -0.39 is 0 Å². The zero-order valence-electron chi connectivity index (χ0n) is 15.2. The molecule has 1 aliphatic heterocycles. The monoisotopic (exact) mass is 388 g/mol. The third-order valence-corrected chi connectivity index (χ3v) is 5.98. The highest BCUT2D eigenvalue weighted by Crippen LogP contribution is 2.25. The highest BCUT2D eigenvalue weighted by Gasteiger charge is 2.21. The number of carbonyl (C=O) groups excluding carboxylic acids is 1. The van der Waals surface area contributed by atoms with Crippen molar-refractivity contribution in [1.29, 1.82) is 0 Å². The molecule has 0 atom stereocenters. The molecule has 1 aliphatic rings. The number of hydrogen-bond acceptors (Lipinski definition) is 3. The summed E-state index contributed by atoms with van der Waals surface area (Å²) >= 11 is 7.96. The lowest BCUT2D eigenvalue weighted by atomic mass is 10.1. The molecule has 138 valence electrons. The van der Waals surface area contributed by atoms with Crippen LogP contribution in [0.3, 0.4) is 0 Å². The number of piperazine rings is 1. The molecule has 2 aromatic rings. The summed E-state index contributed by atoms with van der Waals surface area (Å²) in [5.41, 5.74) is 3.73. The summed E-state index contributed by atoms with van der Waals surface area (Å²) in [6, 6.07) is 16.4. The fraction of sp³-hybridized carbons (Fsp3) is 0.381. The van der Waals surface area contributed by atoms with E-state index in [1.807, 2.05) is 34.9 Å². The van der Waals surface area contributed by atoms with Crippen LogP contribution < -0.4 is 4.90 Å². The maximum Gasteiger partial charge on any atom is 0.223 e. The van der Waals surface area contributed by atoms with Crippen LogP contribution in [0.5, 0.6) is 0 Å². The largest absolute Gasteiger partial charge is 0.368 e. The number of aryl methyl sites for hydroxylation is 1. The van der Waals surface area contributed by atoms with E-state index in [-0.39, 0.29) is 5.91 Å². The van der Waals surface area contributed by atoms with Gasteiger partial charge in [-0.3, -0.25) is 4.79 Å². The van der Waals surface area contributed by atoms with Gasteiger partial charge in [-0.15, -0.1) is 0 Å². The van der Waals surface area contributed by atoms with Gasteiger partial charge < -0.3 is 9.80 Å². The van der Waals surface area contributed by atoms with Crippen LogP contribution in [0.15, 0.2) is 48.5 Å². The van der Waals surface area contributed by atoms with E-state index in [1.165, 1.54) is 16.8 Å². The molecule has 0 unspecified atom stereocenters. The number of rotatable bonds is 6. The third-order valence-electron chi connectivity index (χ3n) is 4.72. The molecule has 0 bridgehead atoms. The fourth-order valence-electron chi connectivity index (χ4n) is 3.20. The second-order valence-electron chi connectivity index (χ2n) is 6.59. The molecular weight excluding hydrogens is 364 g/mol. The van der Waals surface area contributed by atoms with E-state index in [0.717, 1.165) is 42.7 Å². The van der Waals surface area contributed by atoms with Gasteiger partial charge in [-0.05, 0) is 30.2 Å². The molecular formula is C21H25ClN2OS. The average molecular weight is 389 g/mol. The maximum absolute atomic E-state index is 12.4. The highest BCUT2D eigenvalue weighted by molar-refractivity contribution is 7.98. The Morgan fingerprint density at radius 1 is 1.08 bits per heavy atom. The molecule has 1 saturated heterocycles. The SMILES string of the molecule is Cc1ccc(Cl)cc1N1CCN(C(=O)CCSCc2ccccc2)CC1. The van der Waals surface area contributed by atoms with Crippen molar-refractivity contribution in [2.24, 2.45) is 0 Å². The minimum absolute atomic E-state index is 0.271. The summed E-state index contributed by atoms with van der Waals surface area (Å²) in [6.07, 6.45) is 0.619. The Bertz CT molecular complexity index is 730. The van der Waals surface area contributed by atoms with Crippen LogP contribution in [-0.4, -0.2) is 42.7 Å². The van der Waals surface area contributed by atoms with Crippen molar-refractivity contribution >= 4 is 35.0 Å². The molecule has 1 heterocycles. The number of hydrogen-bond donors (Lipinski definition) is 0. The van der Waals surface area contributed by atoms with Gasteiger partial charge in [0, 0.05) is 54.8 Å². The Balaban J connectivity index is 1.41. The number of carbonyl (C=O) groups is 1. The number of benzene rings is 2. The van der Waals surface area contributed by atoms with Gasteiger partial charge in [0.25, 0.3) is 0 Å². The maximum atomic E-state index is 12.4. The number of thioether (sulfide) groups is 1. The van der Waals surface area contributed by atoms with E-state index in [9.17, 15) is 4.79 Å². The summed E-state index contributed by atoms with van der Waals surface area (Å²) in [7, 11) is 0. The highest BCUT2D eigenvalue weighted by atomic mass is 35.5. The predicted molar refractivity (Wildman–Crippen MR) is 112 cm³/mol. The normalized spacial score (nSPS) is 14.5. The van der Waals surface area contributed by atoms with Gasteiger partial charge in [0.1, 0.15) is 0 Å². The van der Waals surface area contributed by atoms with E-state index in [1.54, 1.807) is 0 Å². The van der Waals surface area contributed by atoms with Crippen molar-refractivity contribution in [3.05, 3.63) is 64.7 Å². The number of nitrogens with zero attached hydrogens (tertiary/aromatic N) is 2. The molecule has 26 heavy (non-hydrogen) atoms. The van der Waals surface area contributed by atoms with Gasteiger partial charge >= 0.3 is 0 Å². The first kappa shape index (κ1) is 19.1. The van der Waals surface area contributed by atoms with E-state index in [2.05, 4.69) is 42.2 Å². The van der Waals surface area contributed by atoms with Crippen LogP contribution in [0, 0.1) is 6.92 Å². The minimum Gasteiger partial charge on any atom is -0.368 e. The van der Waals surface area contributed by atoms with Gasteiger partial charge in [-0.2, -0.15) is 11.8 Å². The first-order valence-corrected chi connectivity index (χ1v) is 10.6. The molecule has 0 N–H and O–H groups in total. The second-order valence-corrected chi connectivity index (χ2v) is 8.13. The van der Waals surface area contributed by atoms with Gasteiger partial charge in [0.05, 0.1) is 0 Å². The Kier molecular flexibility index (Phi) is 6.86.